The molecule has 1 aromatic rings. The van der Waals surface area contributed by atoms with Crippen LogP contribution in [-0.4, -0.2) is 43.8 Å². The summed E-state index contributed by atoms with van der Waals surface area (Å²) in [6, 6.07) is 5.18. The third kappa shape index (κ3) is 4.40. The molecule has 5 nitrogen and oxygen atoms in total. The summed E-state index contributed by atoms with van der Waals surface area (Å²) in [6.07, 6.45) is 5.19. The Bertz CT molecular complexity index is 610. The van der Waals surface area contributed by atoms with Crippen molar-refractivity contribution in [2.45, 2.75) is 25.7 Å². The number of amides is 1. The van der Waals surface area contributed by atoms with Crippen molar-refractivity contribution < 1.29 is 14.3 Å². The van der Waals surface area contributed by atoms with Gasteiger partial charge < -0.3 is 14.8 Å². The van der Waals surface area contributed by atoms with Crippen LogP contribution in [0.25, 0.3) is 0 Å². The van der Waals surface area contributed by atoms with E-state index in [2.05, 4.69) is 22.1 Å². The maximum Gasteiger partial charge on any atom is 0.252 e. The SMILES string of the molecule is O=C(NCC#CCN1CCCCCC1)c1ccc2c(c1)OCO2. The van der Waals surface area contributed by atoms with E-state index in [1.54, 1.807) is 18.2 Å². The van der Waals surface area contributed by atoms with E-state index in [1.165, 1.54) is 25.7 Å². The van der Waals surface area contributed by atoms with Gasteiger partial charge >= 0.3 is 0 Å². The fraction of sp³-hybridized carbons (Fsp3) is 0.500. The molecule has 0 saturated carbocycles. The van der Waals surface area contributed by atoms with Gasteiger partial charge in [-0.2, -0.15) is 0 Å². The van der Waals surface area contributed by atoms with Gasteiger partial charge in [0.2, 0.25) is 6.79 Å². The predicted molar refractivity (Wildman–Crippen MR) is 87.6 cm³/mol. The molecule has 1 fully saturated rings. The van der Waals surface area contributed by atoms with Gasteiger partial charge in [-0.1, -0.05) is 24.7 Å². The Morgan fingerprint density at radius 1 is 1.09 bits per heavy atom. The maximum absolute atomic E-state index is 12.1. The number of nitrogens with one attached hydrogen (secondary N) is 1. The van der Waals surface area contributed by atoms with E-state index in [0.29, 0.717) is 23.6 Å². The topological polar surface area (TPSA) is 50.8 Å². The summed E-state index contributed by atoms with van der Waals surface area (Å²) in [6.45, 7) is 3.64. The number of carbonyl (C=O) groups is 1. The molecule has 0 atom stereocenters. The lowest BCUT2D eigenvalue weighted by atomic mass is 10.2. The molecular formula is C18H22N2O3. The van der Waals surface area contributed by atoms with E-state index in [4.69, 9.17) is 9.47 Å². The molecule has 1 aromatic carbocycles. The van der Waals surface area contributed by atoms with E-state index < -0.39 is 0 Å². The number of hydrogen-bond acceptors (Lipinski definition) is 4. The van der Waals surface area contributed by atoms with Gasteiger partial charge in [0, 0.05) is 5.56 Å². The number of nitrogens with zero attached hydrogens (tertiary/aromatic N) is 1. The molecule has 3 rings (SSSR count). The number of hydrogen-bond donors (Lipinski definition) is 1. The van der Waals surface area contributed by atoms with E-state index in [0.717, 1.165) is 19.6 Å². The van der Waals surface area contributed by atoms with Crippen LogP contribution in [0.3, 0.4) is 0 Å². The monoisotopic (exact) mass is 314 g/mol. The van der Waals surface area contributed by atoms with E-state index in [-0.39, 0.29) is 12.7 Å². The fourth-order valence-electron chi connectivity index (χ4n) is 2.79. The predicted octanol–water partition coefficient (Wildman–Crippen LogP) is 2.02. The van der Waals surface area contributed by atoms with Crippen LogP contribution in [0.15, 0.2) is 18.2 Å². The van der Waals surface area contributed by atoms with Gasteiger partial charge in [-0.05, 0) is 44.1 Å². The highest BCUT2D eigenvalue weighted by atomic mass is 16.7. The third-order valence-corrected chi connectivity index (χ3v) is 4.10. The van der Waals surface area contributed by atoms with Crippen LogP contribution in [0.1, 0.15) is 36.0 Å². The van der Waals surface area contributed by atoms with Gasteiger partial charge in [-0.15, -0.1) is 0 Å². The van der Waals surface area contributed by atoms with Crippen molar-refractivity contribution in [2.24, 2.45) is 0 Å². The van der Waals surface area contributed by atoms with E-state index >= 15 is 0 Å². The van der Waals surface area contributed by atoms with Crippen LogP contribution >= 0.6 is 0 Å². The molecule has 0 unspecified atom stereocenters. The molecule has 0 aliphatic carbocycles. The second-order valence-electron chi connectivity index (χ2n) is 5.79. The number of rotatable bonds is 3. The minimum Gasteiger partial charge on any atom is -0.454 e. The van der Waals surface area contributed by atoms with Gasteiger partial charge in [-0.3, -0.25) is 9.69 Å². The van der Waals surface area contributed by atoms with Crippen LogP contribution < -0.4 is 14.8 Å². The molecule has 0 spiro atoms. The summed E-state index contributed by atoms with van der Waals surface area (Å²) in [5.41, 5.74) is 0.559. The first-order chi connectivity index (χ1) is 11.3. The molecule has 122 valence electrons. The van der Waals surface area contributed by atoms with Gasteiger partial charge in [0.15, 0.2) is 11.5 Å². The molecule has 0 bridgehead atoms. The first-order valence-corrected chi connectivity index (χ1v) is 8.19. The first-order valence-electron chi connectivity index (χ1n) is 8.19. The zero-order valence-electron chi connectivity index (χ0n) is 13.3. The summed E-state index contributed by atoms with van der Waals surface area (Å²) in [5.74, 6) is 7.32. The highest BCUT2D eigenvalue weighted by Gasteiger charge is 2.15. The van der Waals surface area contributed by atoms with Crippen LogP contribution in [0.2, 0.25) is 0 Å². The highest BCUT2D eigenvalue weighted by molar-refractivity contribution is 5.95. The summed E-state index contributed by atoms with van der Waals surface area (Å²) >= 11 is 0. The number of likely N-dealkylation sites (tertiary alicyclic amines) is 1. The highest BCUT2D eigenvalue weighted by Crippen LogP contribution is 2.32. The molecule has 2 heterocycles. The molecule has 0 radical (unpaired) electrons. The van der Waals surface area contributed by atoms with Crippen molar-refractivity contribution in [3.63, 3.8) is 0 Å². The van der Waals surface area contributed by atoms with E-state index in [1.807, 2.05) is 0 Å². The molecule has 0 aromatic heterocycles. The number of fused-ring (bicyclic) bond motifs is 1. The molecule has 1 amide bonds. The normalized spacial score (nSPS) is 17.0. The largest absolute Gasteiger partial charge is 0.454 e. The lowest BCUT2D eigenvalue weighted by Gasteiger charge is -2.15. The Morgan fingerprint density at radius 2 is 1.87 bits per heavy atom. The summed E-state index contributed by atoms with van der Waals surface area (Å²) < 4.78 is 10.5. The Kier molecular flexibility index (Phi) is 5.38. The second kappa shape index (κ2) is 7.89. The maximum atomic E-state index is 12.1. The average Bonchev–Trinajstić information content (AvgIpc) is 2.89. The Hall–Kier alpha value is -2.19. The van der Waals surface area contributed by atoms with Crippen LogP contribution in [0, 0.1) is 11.8 Å². The lowest BCUT2D eigenvalue weighted by Crippen LogP contribution is -2.26. The van der Waals surface area contributed by atoms with Gasteiger partial charge in [-0.25, -0.2) is 0 Å². The number of carbonyl (C=O) groups excluding carboxylic acids is 1. The van der Waals surface area contributed by atoms with Crippen LogP contribution in [-0.2, 0) is 0 Å². The molecule has 1 N–H and O–H groups in total. The quantitative estimate of drug-likeness (QED) is 0.867. The third-order valence-electron chi connectivity index (χ3n) is 4.10. The second-order valence-corrected chi connectivity index (χ2v) is 5.79. The minimum absolute atomic E-state index is 0.146. The number of benzene rings is 1. The zero-order chi connectivity index (χ0) is 15.9. The Morgan fingerprint density at radius 3 is 2.70 bits per heavy atom. The Balaban J connectivity index is 1.43. The molecule has 2 aliphatic heterocycles. The summed E-state index contributed by atoms with van der Waals surface area (Å²) in [5, 5.41) is 2.81. The van der Waals surface area contributed by atoms with Crippen molar-refractivity contribution in [3.8, 4) is 23.3 Å². The average molecular weight is 314 g/mol. The summed E-state index contributed by atoms with van der Waals surface area (Å²) in [7, 11) is 0. The van der Waals surface area contributed by atoms with Crippen LogP contribution in [0.5, 0.6) is 11.5 Å². The molecule has 2 aliphatic rings. The summed E-state index contributed by atoms with van der Waals surface area (Å²) in [4.78, 5) is 14.5. The standard InChI is InChI=1S/C18H22N2O3/c21-18(15-7-8-16-17(13-15)23-14-22-16)19-9-3-6-12-20-10-4-1-2-5-11-20/h7-8,13H,1-2,4-5,9-12,14H2,(H,19,21). The van der Waals surface area contributed by atoms with E-state index in [9.17, 15) is 4.79 Å². The lowest BCUT2D eigenvalue weighted by molar-refractivity contribution is 0.0958. The minimum atomic E-state index is -0.146. The van der Waals surface area contributed by atoms with Gasteiger partial charge in [0.25, 0.3) is 5.91 Å². The molecule has 1 saturated heterocycles. The van der Waals surface area contributed by atoms with Crippen LogP contribution in [0.4, 0.5) is 0 Å². The smallest absolute Gasteiger partial charge is 0.252 e. The zero-order valence-corrected chi connectivity index (χ0v) is 13.3. The molecular weight excluding hydrogens is 292 g/mol. The first kappa shape index (κ1) is 15.7. The Labute approximate surface area is 136 Å². The van der Waals surface area contributed by atoms with Gasteiger partial charge in [0.05, 0.1) is 13.1 Å². The van der Waals surface area contributed by atoms with Crippen molar-refractivity contribution in [2.75, 3.05) is 33.0 Å². The number of ether oxygens (including phenoxy) is 2. The molecule has 5 heteroatoms. The van der Waals surface area contributed by atoms with Crippen molar-refractivity contribution in [3.05, 3.63) is 23.8 Å². The van der Waals surface area contributed by atoms with Gasteiger partial charge in [0.1, 0.15) is 0 Å². The van der Waals surface area contributed by atoms with Crippen molar-refractivity contribution >= 4 is 5.91 Å². The van der Waals surface area contributed by atoms with Crippen molar-refractivity contribution in [1.29, 1.82) is 0 Å². The molecule has 23 heavy (non-hydrogen) atoms. The fourth-order valence-corrected chi connectivity index (χ4v) is 2.79. The van der Waals surface area contributed by atoms with Crippen molar-refractivity contribution in [1.82, 2.24) is 10.2 Å².